The highest BCUT2D eigenvalue weighted by Gasteiger charge is 2.25. The molecule has 0 spiro atoms. The molecule has 2 heterocycles. The molecule has 0 bridgehead atoms. The smallest absolute Gasteiger partial charge is 0.203 e. The molecule has 1 aliphatic heterocycles. The molecule has 0 saturated carbocycles. The molecule has 2 aromatic carbocycles. The monoisotopic (exact) mass is 385 g/mol. The first-order valence-electron chi connectivity index (χ1n) is 8.58. The zero-order chi connectivity index (χ0) is 19.0. The van der Waals surface area contributed by atoms with Gasteiger partial charge in [-0.1, -0.05) is 17.7 Å². The Hall–Kier alpha value is -2.86. The first-order chi connectivity index (χ1) is 13.2. The number of halogens is 1. The van der Waals surface area contributed by atoms with Gasteiger partial charge in [-0.05, 0) is 36.8 Å². The third kappa shape index (κ3) is 2.96. The predicted molar refractivity (Wildman–Crippen MR) is 106 cm³/mol. The summed E-state index contributed by atoms with van der Waals surface area (Å²) in [5.74, 6) is 2.75. The molecule has 4 rings (SSSR count). The van der Waals surface area contributed by atoms with Crippen LogP contribution in [0, 0.1) is 0 Å². The van der Waals surface area contributed by atoms with E-state index in [9.17, 15) is 0 Å². The largest absolute Gasteiger partial charge is 0.493 e. The van der Waals surface area contributed by atoms with E-state index < -0.39 is 0 Å². The number of hydrogen-bond acceptors (Lipinski definition) is 5. The van der Waals surface area contributed by atoms with Crippen molar-refractivity contribution >= 4 is 17.4 Å². The molecule has 3 aromatic rings. The Morgan fingerprint density at radius 2 is 1.78 bits per heavy atom. The molecule has 140 valence electrons. The molecule has 27 heavy (non-hydrogen) atoms. The van der Waals surface area contributed by atoms with E-state index in [1.807, 2.05) is 41.1 Å². The van der Waals surface area contributed by atoms with Crippen LogP contribution >= 0.6 is 11.6 Å². The van der Waals surface area contributed by atoms with Gasteiger partial charge in [-0.3, -0.25) is 0 Å². The molecule has 0 aliphatic carbocycles. The lowest BCUT2D eigenvalue weighted by Gasteiger charge is -2.13. The summed E-state index contributed by atoms with van der Waals surface area (Å²) < 4.78 is 18.3. The van der Waals surface area contributed by atoms with E-state index in [1.54, 1.807) is 21.3 Å². The van der Waals surface area contributed by atoms with E-state index in [2.05, 4.69) is 5.32 Å². The quantitative estimate of drug-likeness (QED) is 0.713. The van der Waals surface area contributed by atoms with Gasteiger partial charge in [-0.15, -0.1) is 0 Å². The molecule has 6 nitrogen and oxygen atoms in total. The highest BCUT2D eigenvalue weighted by Crippen LogP contribution is 2.43. The molecular formula is C20H20ClN3O3. The molecular weight excluding hydrogens is 366 g/mol. The molecule has 1 N–H and O–H groups in total. The number of benzene rings is 2. The molecule has 7 heteroatoms. The Bertz CT molecular complexity index is 975. The lowest BCUT2D eigenvalue weighted by atomic mass is 10.1. The van der Waals surface area contributed by atoms with E-state index in [4.69, 9.17) is 30.9 Å². The Kier molecular flexibility index (Phi) is 4.58. The van der Waals surface area contributed by atoms with Crippen molar-refractivity contribution in [3.8, 4) is 34.2 Å². The van der Waals surface area contributed by atoms with E-state index in [1.165, 1.54) is 0 Å². The average molecular weight is 386 g/mol. The van der Waals surface area contributed by atoms with Crippen LogP contribution in [0.5, 0.6) is 17.2 Å². The maximum atomic E-state index is 6.17. The van der Waals surface area contributed by atoms with Gasteiger partial charge >= 0.3 is 0 Å². The van der Waals surface area contributed by atoms with Crippen molar-refractivity contribution in [2.24, 2.45) is 0 Å². The molecule has 0 saturated heterocycles. The van der Waals surface area contributed by atoms with Crippen LogP contribution in [0.4, 0.5) is 5.82 Å². The normalized spacial score (nSPS) is 12.4. The Morgan fingerprint density at radius 3 is 2.41 bits per heavy atom. The highest BCUT2D eigenvalue weighted by atomic mass is 35.5. The summed E-state index contributed by atoms with van der Waals surface area (Å²) in [6.07, 6.45) is 0.891. The van der Waals surface area contributed by atoms with Crippen LogP contribution < -0.4 is 19.5 Å². The maximum absolute atomic E-state index is 6.17. The number of ether oxygens (including phenoxy) is 3. The summed E-state index contributed by atoms with van der Waals surface area (Å²) in [4.78, 5) is 0. The van der Waals surface area contributed by atoms with Gasteiger partial charge in [-0.2, -0.15) is 5.10 Å². The summed E-state index contributed by atoms with van der Waals surface area (Å²) in [7, 11) is 4.81. The number of fused-ring (bicyclic) bond motifs is 1. The van der Waals surface area contributed by atoms with Crippen LogP contribution in [-0.2, 0) is 6.42 Å². The Balaban J connectivity index is 1.90. The van der Waals surface area contributed by atoms with E-state index in [0.717, 1.165) is 41.3 Å². The summed E-state index contributed by atoms with van der Waals surface area (Å²) in [5, 5.41) is 8.96. The third-order valence-electron chi connectivity index (χ3n) is 4.64. The lowest BCUT2D eigenvalue weighted by molar-refractivity contribution is 0.324. The van der Waals surface area contributed by atoms with Crippen LogP contribution in [0.1, 0.15) is 5.56 Å². The summed E-state index contributed by atoms with van der Waals surface area (Å²) in [6, 6.07) is 11.5. The predicted octanol–water partition coefficient (Wildman–Crippen LogP) is 4.19. The minimum absolute atomic E-state index is 0.563. The molecule has 0 fully saturated rings. The topological polar surface area (TPSA) is 57.5 Å². The van der Waals surface area contributed by atoms with Crippen molar-refractivity contribution in [2.45, 2.75) is 6.42 Å². The standard InChI is InChI=1S/C20H20ClN3O3/c1-25-16-9-12(10-17(26-2)19(16)27-3)18-15-7-8-22-20(15)24(23-18)14-6-4-5-13(21)11-14/h4-6,9-11,22H,7-8H2,1-3H3. The van der Waals surface area contributed by atoms with E-state index in [-0.39, 0.29) is 0 Å². The van der Waals surface area contributed by atoms with Crippen LogP contribution in [0.25, 0.3) is 16.9 Å². The molecule has 0 amide bonds. The zero-order valence-electron chi connectivity index (χ0n) is 15.4. The van der Waals surface area contributed by atoms with Crippen LogP contribution in [0.3, 0.4) is 0 Å². The zero-order valence-corrected chi connectivity index (χ0v) is 16.1. The summed E-state index contributed by atoms with van der Waals surface area (Å²) in [6.45, 7) is 0.866. The second-order valence-electron chi connectivity index (χ2n) is 6.16. The molecule has 1 aliphatic rings. The second kappa shape index (κ2) is 7.04. The van der Waals surface area contributed by atoms with Gasteiger partial charge < -0.3 is 19.5 Å². The summed E-state index contributed by atoms with van der Waals surface area (Å²) >= 11 is 6.17. The fourth-order valence-electron chi connectivity index (χ4n) is 3.42. The number of nitrogens with one attached hydrogen (secondary N) is 1. The average Bonchev–Trinajstić information content (AvgIpc) is 3.29. The highest BCUT2D eigenvalue weighted by molar-refractivity contribution is 6.30. The number of anilines is 1. The minimum atomic E-state index is 0.563. The van der Waals surface area contributed by atoms with Gasteiger partial charge in [0.2, 0.25) is 5.75 Å². The number of hydrogen-bond donors (Lipinski definition) is 1. The molecule has 1 aromatic heterocycles. The van der Waals surface area contributed by atoms with Gasteiger partial charge in [0.05, 0.1) is 32.7 Å². The van der Waals surface area contributed by atoms with Crippen molar-refractivity contribution in [2.75, 3.05) is 33.2 Å². The van der Waals surface area contributed by atoms with E-state index in [0.29, 0.717) is 22.3 Å². The third-order valence-corrected chi connectivity index (χ3v) is 4.88. The SMILES string of the molecule is COc1cc(-c2nn(-c3cccc(Cl)c3)c3c2CCN3)cc(OC)c1OC. The van der Waals surface area contributed by atoms with Crippen LogP contribution in [-0.4, -0.2) is 37.7 Å². The molecule has 0 atom stereocenters. The number of rotatable bonds is 5. The van der Waals surface area contributed by atoms with Gasteiger partial charge in [-0.25, -0.2) is 4.68 Å². The van der Waals surface area contributed by atoms with Gasteiger partial charge in [0.15, 0.2) is 11.5 Å². The maximum Gasteiger partial charge on any atom is 0.203 e. The fraction of sp³-hybridized carbons (Fsp3) is 0.250. The number of nitrogens with zero attached hydrogens (tertiary/aromatic N) is 2. The second-order valence-corrected chi connectivity index (χ2v) is 6.59. The van der Waals surface area contributed by atoms with Crippen molar-refractivity contribution in [1.82, 2.24) is 9.78 Å². The number of aromatic nitrogens is 2. The fourth-order valence-corrected chi connectivity index (χ4v) is 3.60. The van der Waals surface area contributed by atoms with Gasteiger partial charge in [0.25, 0.3) is 0 Å². The summed E-state index contributed by atoms with van der Waals surface area (Å²) in [5.41, 5.74) is 3.86. The Labute approximate surface area is 162 Å². The molecule has 0 unspecified atom stereocenters. The van der Waals surface area contributed by atoms with Crippen molar-refractivity contribution in [3.05, 3.63) is 47.0 Å². The van der Waals surface area contributed by atoms with Crippen molar-refractivity contribution in [3.63, 3.8) is 0 Å². The van der Waals surface area contributed by atoms with Gasteiger partial charge in [0, 0.05) is 22.7 Å². The van der Waals surface area contributed by atoms with E-state index >= 15 is 0 Å². The number of methoxy groups -OCH3 is 3. The van der Waals surface area contributed by atoms with Crippen molar-refractivity contribution < 1.29 is 14.2 Å². The Morgan fingerprint density at radius 1 is 1.04 bits per heavy atom. The first kappa shape index (κ1) is 17.5. The van der Waals surface area contributed by atoms with Crippen LogP contribution in [0.2, 0.25) is 5.02 Å². The van der Waals surface area contributed by atoms with Gasteiger partial charge in [0.1, 0.15) is 5.82 Å². The first-order valence-corrected chi connectivity index (χ1v) is 8.96. The lowest BCUT2D eigenvalue weighted by Crippen LogP contribution is -2.04. The van der Waals surface area contributed by atoms with Crippen LogP contribution in [0.15, 0.2) is 36.4 Å². The minimum Gasteiger partial charge on any atom is -0.493 e. The van der Waals surface area contributed by atoms with Crippen molar-refractivity contribution in [1.29, 1.82) is 0 Å². The molecule has 0 radical (unpaired) electrons.